The van der Waals surface area contributed by atoms with Crippen LogP contribution in [0.25, 0.3) is 0 Å². The van der Waals surface area contributed by atoms with Crippen molar-refractivity contribution in [2.75, 3.05) is 6.54 Å². The van der Waals surface area contributed by atoms with E-state index in [0.29, 0.717) is 25.8 Å². The van der Waals surface area contributed by atoms with Gasteiger partial charge in [0.15, 0.2) is 0 Å². The number of carboxylic acid groups (broad SMARTS) is 1. The molecule has 0 aliphatic carbocycles. The Morgan fingerprint density at radius 3 is 1.91 bits per heavy atom. The standard InChI is InChI=1S/C21H40N6O7/c1-11(2)10-15(19(31)25-14(21(33)34)7-8-16(24)29)26-20(32)17(12(3)28)27-18(30)13(23)6-4-5-9-22/h11-15,17,28H,4-10,22-23H2,1-3H3,(H2,24,29)(H,25,31)(H,26,32)(H,27,30)(H,33,34). The molecule has 5 unspecified atom stereocenters. The quantitative estimate of drug-likeness (QED) is 0.102. The number of nitrogens with two attached hydrogens (primary N) is 3. The largest absolute Gasteiger partial charge is 0.480 e. The van der Waals surface area contributed by atoms with Crippen molar-refractivity contribution >= 4 is 29.6 Å². The number of aliphatic hydroxyl groups is 1. The van der Waals surface area contributed by atoms with E-state index in [1.165, 1.54) is 6.92 Å². The summed E-state index contributed by atoms with van der Waals surface area (Å²) in [5.74, 6) is -4.40. The van der Waals surface area contributed by atoms with Crippen LogP contribution in [-0.4, -0.2) is 76.6 Å². The smallest absolute Gasteiger partial charge is 0.326 e. The predicted molar refractivity (Wildman–Crippen MR) is 124 cm³/mol. The van der Waals surface area contributed by atoms with Crippen LogP contribution in [0.4, 0.5) is 0 Å². The van der Waals surface area contributed by atoms with Crippen LogP contribution in [0.2, 0.25) is 0 Å². The Balaban J connectivity index is 5.36. The fourth-order valence-corrected chi connectivity index (χ4v) is 3.09. The van der Waals surface area contributed by atoms with E-state index >= 15 is 0 Å². The van der Waals surface area contributed by atoms with Crippen LogP contribution < -0.4 is 33.2 Å². The highest BCUT2D eigenvalue weighted by Crippen LogP contribution is 2.08. The van der Waals surface area contributed by atoms with Gasteiger partial charge in [0.2, 0.25) is 23.6 Å². The summed E-state index contributed by atoms with van der Waals surface area (Å²) in [7, 11) is 0. The van der Waals surface area contributed by atoms with Gasteiger partial charge in [0.25, 0.3) is 0 Å². The molecule has 0 aromatic heterocycles. The second-order valence-corrected chi connectivity index (χ2v) is 8.71. The van der Waals surface area contributed by atoms with Crippen LogP contribution in [0, 0.1) is 5.92 Å². The predicted octanol–water partition coefficient (Wildman–Crippen LogP) is -2.33. The van der Waals surface area contributed by atoms with Crippen LogP contribution in [0.15, 0.2) is 0 Å². The zero-order chi connectivity index (χ0) is 26.4. The molecular formula is C21H40N6O7. The van der Waals surface area contributed by atoms with Crippen molar-refractivity contribution in [1.29, 1.82) is 0 Å². The average Bonchev–Trinajstić information content (AvgIpc) is 2.72. The highest BCUT2D eigenvalue weighted by molar-refractivity contribution is 5.94. The van der Waals surface area contributed by atoms with Crippen LogP contribution >= 0.6 is 0 Å². The summed E-state index contributed by atoms with van der Waals surface area (Å²) >= 11 is 0. The molecule has 13 nitrogen and oxygen atoms in total. The number of amides is 4. The van der Waals surface area contributed by atoms with E-state index in [4.69, 9.17) is 17.2 Å². The van der Waals surface area contributed by atoms with E-state index in [-0.39, 0.29) is 25.2 Å². The number of aliphatic carboxylic acids is 1. The molecule has 0 bridgehead atoms. The minimum absolute atomic E-state index is 0.0690. The highest BCUT2D eigenvalue weighted by atomic mass is 16.4. The van der Waals surface area contributed by atoms with Crippen molar-refractivity contribution in [2.45, 2.75) is 89.6 Å². The maximum Gasteiger partial charge on any atom is 0.326 e. The van der Waals surface area contributed by atoms with Crippen LogP contribution in [0.5, 0.6) is 0 Å². The Labute approximate surface area is 199 Å². The van der Waals surface area contributed by atoms with Crippen molar-refractivity contribution in [3.8, 4) is 0 Å². The van der Waals surface area contributed by atoms with Gasteiger partial charge in [0, 0.05) is 6.42 Å². The number of carbonyl (C=O) groups excluding carboxylic acids is 4. The Bertz CT molecular complexity index is 701. The molecule has 0 aromatic rings. The molecule has 0 heterocycles. The molecule has 34 heavy (non-hydrogen) atoms. The Morgan fingerprint density at radius 2 is 1.44 bits per heavy atom. The molecule has 11 N–H and O–H groups in total. The summed E-state index contributed by atoms with van der Waals surface area (Å²) in [6.45, 7) is 5.34. The second kappa shape index (κ2) is 16.0. The third-order valence-corrected chi connectivity index (χ3v) is 5.00. The molecule has 0 radical (unpaired) electrons. The van der Waals surface area contributed by atoms with E-state index in [9.17, 15) is 34.2 Å². The lowest BCUT2D eigenvalue weighted by Crippen LogP contribution is -2.60. The van der Waals surface area contributed by atoms with Gasteiger partial charge >= 0.3 is 5.97 Å². The first-order valence-corrected chi connectivity index (χ1v) is 11.4. The first-order chi connectivity index (χ1) is 15.8. The number of carbonyl (C=O) groups is 5. The highest BCUT2D eigenvalue weighted by Gasteiger charge is 2.32. The molecule has 0 rings (SSSR count). The third-order valence-electron chi connectivity index (χ3n) is 5.00. The molecule has 13 heteroatoms. The number of unbranched alkanes of at least 4 members (excludes halogenated alkanes) is 1. The van der Waals surface area contributed by atoms with E-state index in [1.54, 1.807) is 13.8 Å². The summed E-state index contributed by atoms with van der Waals surface area (Å²) in [6.07, 6.45) is 0.0340. The molecule has 0 aromatic carbocycles. The Kier molecular flexibility index (Phi) is 14.7. The number of hydrogen-bond donors (Lipinski definition) is 8. The van der Waals surface area contributed by atoms with Gasteiger partial charge in [-0.1, -0.05) is 20.3 Å². The summed E-state index contributed by atoms with van der Waals surface area (Å²) in [4.78, 5) is 60.4. The van der Waals surface area contributed by atoms with Crippen molar-refractivity contribution < 1.29 is 34.2 Å². The lowest BCUT2D eigenvalue weighted by molar-refractivity contribution is -0.142. The lowest BCUT2D eigenvalue weighted by atomic mass is 10.0. The van der Waals surface area contributed by atoms with Gasteiger partial charge in [0.1, 0.15) is 18.1 Å². The number of primary amides is 1. The first kappa shape index (κ1) is 31.2. The summed E-state index contributed by atoms with van der Waals surface area (Å²) < 4.78 is 0. The van der Waals surface area contributed by atoms with E-state index in [0.717, 1.165) is 0 Å². The SMILES string of the molecule is CC(C)CC(NC(=O)C(NC(=O)C(N)CCCCN)C(C)O)C(=O)NC(CCC(N)=O)C(=O)O. The number of aliphatic hydroxyl groups excluding tert-OH is 1. The lowest BCUT2D eigenvalue weighted by Gasteiger charge is -2.27. The number of nitrogens with one attached hydrogen (secondary N) is 3. The normalized spacial score (nSPS) is 15.5. The molecule has 0 aliphatic heterocycles. The van der Waals surface area contributed by atoms with Gasteiger partial charge < -0.3 is 43.4 Å². The fraction of sp³-hybridized carbons (Fsp3) is 0.762. The second-order valence-electron chi connectivity index (χ2n) is 8.71. The number of carboxylic acids is 1. The van der Waals surface area contributed by atoms with Gasteiger partial charge in [-0.15, -0.1) is 0 Å². The average molecular weight is 489 g/mol. The van der Waals surface area contributed by atoms with E-state index in [2.05, 4.69) is 16.0 Å². The minimum atomic E-state index is -1.39. The maximum absolute atomic E-state index is 12.8. The Hall–Kier alpha value is -2.77. The summed E-state index contributed by atoms with van der Waals surface area (Å²) in [5.41, 5.74) is 16.3. The number of rotatable bonds is 17. The van der Waals surface area contributed by atoms with Crippen LogP contribution in [0.3, 0.4) is 0 Å². The maximum atomic E-state index is 12.8. The number of hydrogen-bond acceptors (Lipinski definition) is 8. The van der Waals surface area contributed by atoms with E-state index in [1.807, 2.05) is 0 Å². The fourth-order valence-electron chi connectivity index (χ4n) is 3.09. The molecule has 0 aliphatic rings. The van der Waals surface area contributed by atoms with Gasteiger partial charge in [-0.25, -0.2) is 4.79 Å². The summed E-state index contributed by atoms with van der Waals surface area (Å²) in [6, 6.07) is -4.83. The Morgan fingerprint density at radius 1 is 0.853 bits per heavy atom. The zero-order valence-corrected chi connectivity index (χ0v) is 20.1. The van der Waals surface area contributed by atoms with Gasteiger partial charge in [0.05, 0.1) is 12.1 Å². The molecule has 196 valence electrons. The van der Waals surface area contributed by atoms with Crippen molar-refractivity contribution in [1.82, 2.24) is 16.0 Å². The minimum Gasteiger partial charge on any atom is -0.480 e. The topological polar surface area (TPSA) is 240 Å². The van der Waals surface area contributed by atoms with Crippen molar-refractivity contribution in [3.05, 3.63) is 0 Å². The van der Waals surface area contributed by atoms with Gasteiger partial charge in [-0.2, -0.15) is 0 Å². The molecule has 0 saturated carbocycles. The molecule has 0 spiro atoms. The zero-order valence-electron chi connectivity index (χ0n) is 20.1. The van der Waals surface area contributed by atoms with Crippen LogP contribution in [0.1, 0.15) is 59.3 Å². The molecular weight excluding hydrogens is 448 g/mol. The van der Waals surface area contributed by atoms with Crippen molar-refractivity contribution in [3.63, 3.8) is 0 Å². The van der Waals surface area contributed by atoms with Gasteiger partial charge in [-0.05, 0) is 45.1 Å². The molecule has 5 atom stereocenters. The molecule has 4 amide bonds. The first-order valence-electron chi connectivity index (χ1n) is 11.4. The van der Waals surface area contributed by atoms with Crippen LogP contribution in [-0.2, 0) is 24.0 Å². The van der Waals surface area contributed by atoms with E-state index < -0.39 is 59.9 Å². The molecule has 0 fully saturated rings. The van der Waals surface area contributed by atoms with Crippen molar-refractivity contribution in [2.24, 2.45) is 23.1 Å². The third kappa shape index (κ3) is 12.5. The summed E-state index contributed by atoms with van der Waals surface area (Å²) in [5, 5.41) is 26.5. The monoisotopic (exact) mass is 488 g/mol. The molecule has 0 saturated heterocycles. The van der Waals surface area contributed by atoms with Gasteiger partial charge in [-0.3, -0.25) is 19.2 Å².